The van der Waals surface area contributed by atoms with E-state index in [0.717, 1.165) is 22.3 Å². The molecule has 2 aromatic carbocycles. The number of fused-ring (bicyclic) bond motifs is 1. The third-order valence-corrected chi connectivity index (χ3v) is 4.87. The van der Waals surface area contributed by atoms with Gasteiger partial charge in [0.2, 0.25) is 0 Å². The van der Waals surface area contributed by atoms with Crippen molar-refractivity contribution in [2.45, 2.75) is 19.9 Å². The number of hydrogen-bond acceptors (Lipinski definition) is 4. The second-order valence-electron chi connectivity index (χ2n) is 5.57. The number of rotatable bonds is 5. The number of thiazole rings is 1. The molecule has 0 fully saturated rings. The number of esters is 1. The van der Waals surface area contributed by atoms with Crippen molar-refractivity contribution in [3.63, 3.8) is 0 Å². The summed E-state index contributed by atoms with van der Waals surface area (Å²) in [5, 5.41) is 0. The normalized spacial score (nSPS) is 11.7. The maximum absolute atomic E-state index is 13.9. The maximum atomic E-state index is 13.9. The molecule has 8 heteroatoms. The minimum absolute atomic E-state index is 0.0873. The highest BCUT2D eigenvalue weighted by molar-refractivity contribution is 7.16. The Bertz CT molecular complexity index is 1050. The van der Waals surface area contributed by atoms with E-state index in [1.807, 2.05) is 24.3 Å². The molecule has 0 atom stereocenters. The van der Waals surface area contributed by atoms with Gasteiger partial charge in [-0.1, -0.05) is 29.5 Å². The molecular formula is C19H16F2N2O3S. The number of carbonyl (C=O) groups is 2. The number of ether oxygens (including phenoxy) is 1. The first kappa shape index (κ1) is 18.9. The number of amides is 1. The number of carbonyl (C=O) groups excluding carboxylic acids is 2. The molecule has 1 heterocycles. The summed E-state index contributed by atoms with van der Waals surface area (Å²) < 4.78 is 35.2. The highest BCUT2D eigenvalue weighted by Crippen LogP contribution is 2.18. The van der Waals surface area contributed by atoms with Crippen molar-refractivity contribution in [2.75, 3.05) is 6.61 Å². The fourth-order valence-electron chi connectivity index (χ4n) is 2.60. The molecule has 1 aromatic heterocycles. The zero-order valence-corrected chi connectivity index (χ0v) is 15.3. The van der Waals surface area contributed by atoms with Crippen molar-refractivity contribution in [1.29, 1.82) is 0 Å². The van der Waals surface area contributed by atoms with Gasteiger partial charge in [-0.25, -0.2) is 8.78 Å². The van der Waals surface area contributed by atoms with Crippen molar-refractivity contribution < 1.29 is 23.1 Å². The van der Waals surface area contributed by atoms with Crippen molar-refractivity contribution >= 4 is 33.4 Å². The first-order valence-corrected chi connectivity index (χ1v) is 9.10. The summed E-state index contributed by atoms with van der Waals surface area (Å²) in [5.41, 5.74) is 0.0688. The number of aromatic nitrogens is 1. The fraction of sp³-hybridized carbons (Fsp3) is 0.211. The summed E-state index contributed by atoms with van der Waals surface area (Å²) in [6.45, 7) is 2.22. The number of benzene rings is 2. The predicted molar refractivity (Wildman–Crippen MR) is 97.3 cm³/mol. The SMILES string of the molecule is CCOC(=O)CCn1c(=NC(=O)c2c(F)cccc2F)sc2ccccc21. The lowest BCUT2D eigenvalue weighted by Crippen LogP contribution is -2.20. The summed E-state index contributed by atoms with van der Waals surface area (Å²) in [5.74, 6) is -3.33. The third-order valence-electron chi connectivity index (χ3n) is 3.81. The smallest absolute Gasteiger partial charge is 0.307 e. The monoisotopic (exact) mass is 390 g/mol. The van der Waals surface area contributed by atoms with Crippen molar-refractivity contribution in [3.8, 4) is 0 Å². The molecule has 0 aliphatic carbocycles. The lowest BCUT2D eigenvalue weighted by molar-refractivity contribution is -0.143. The van der Waals surface area contributed by atoms with E-state index in [-0.39, 0.29) is 30.3 Å². The van der Waals surface area contributed by atoms with E-state index in [1.54, 1.807) is 11.5 Å². The second kappa shape index (κ2) is 8.22. The Morgan fingerprint density at radius 2 is 1.81 bits per heavy atom. The van der Waals surface area contributed by atoms with Gasteiger partial charge < -0.3 is 9.30 Å². The van der Waals surface area contributed by atoms with Crippen LogP contribution in [-0.2, 0) is 16.1 Å². The largest absolute Gasteiger partial charge is 0.466 e. The molecule has 0 aliphatic heterocycles. The highest BCUT2D eigenvalue weighted by Gasteiger charge is 2.17. The van der Waals surface area contributed by atoms with Gasteiger partial charge in [-0.15, -0.1) is 0 Å². The van der Waals surface area contributed by atoms with Crippen LogP contribution >= 0.6 is 11.3 Å². The average molecular weight is 390 g/mol. The zero-order chi connectivity index (χ0) is 19.4. The van der Waals surface area contributed by atoms with Crippen LogP contribution in [-0.4, -0.2) is 23.1 Å². The van der Waals surface area contributed by atoms with Gasteiger partial charge in [0.05, 0.1) is 23.2 Å². The number of nitrogens with zero attached hydrogens (tertiary/aromatic N) is 2. The molecule has 0 saturated heterocycles. The molecule has 0 bridgehead atoms. The summed E-state index contributed by atoms with van der Waals surface area (Å²) in [7, 11) is 0. The Balaban J connectivity index is 2.05. The first-order valence-electron chi connectivity index (χ1n) is 8.28. The molecule has 0 saturated carbocycles. The Morgan fingerprint density at radius 1 is 1.11 bits per heavy atom. The van der Waals surface area contributed by atoms with E-state index < -0.39 is 23.1 Å². The Labute approximate surface area is 157 Å². The molecule has 27 heavy (non-hydrogen) atoms. The van der Waals surface area contributed by atoms with Crippen LogP contribution in [0.3, 0.4) is 0 Å². The van der Waals surface area contributed by atoms with Crippen molar-refractivity contribution in [2.24, 2.45) is 4.99 Å². The summed E-state index contributed by atoms with van der Waals surface area (Å²) in [4.78, 5) is 28.3. The summed E-state index contributed by atoms with van der Waals surface area (Å²) in [6, 6.07) is 10.5. The average Bonchev–Trinajstić information content (AvgIpc) is 2.97. The Hall–Kier alpha value is -2.87. The van der Waals surface area contributed by atoms with Crippen LogP contribution in [0.2, 0.25) is 0 Å². The van der Waals surface area contributed by atoms with E-state index in [1.165, 1.54) is 17.4 Å². The molecular weight excluding hydrogens is 374 g/mol. The quantitative estimate of drug-likeness (QED) is 0.625. The standard InChI is InChI=1S/C19H16F2N2O3S/c1-2-26-16(24)10-11-23-14-8-3-4-9-15(14)27-19(23)22-18(25)17-12(20)6-5-7-13(17)21/h3-9H,2,10-11H2,1H3. The molecule has 3 aromatic rings. The molecule has 0 aliphatic rings. The molecule has 0 spiro atoms. The number of hydrogen-bond donors (Lipinski definition) is 0. The van der Waals surface area contributed by atoms with Crippen LogP contribution in [0.1, 0.15) is 23.7 Å². The molecule has 3 rings (SSSR count). The van der Waals surface area contributed by atoms with Gasteiger partial charge in [0.1, 0.15) is 17.2 Å². The van der Waals surface area contributed by atoms with Crippen LogP contribution in [0.5, 0.6) is 0 Å². The zero-order valence-electron chi connectivity index (χ0n) is 14.4. The molecule has 140 valence electrons. The minimum atomic E-state index is -1.01. The van der Waals surface area contributed by atoms with E-state index in [9.17, 15) is 18.4 Å². The van der Waals surface area contributed by atoms with Crippen LogP contribution in [0.25, 0.3) is 10.2 Å². The van der Waals surface area contributed by atoms with E-state index in [4.69, 9.17) is 4.74 Å². The van der Waals surface area contributed by atoms with Gasteiger partial charge >= 0.3 is 5.97 Å². The summed E-state index contributed by atoms with van der Waals surface area (Å²) >= 11 is 1.20. The van der Waals surface area contributed by atoms with Crippen LogP contribution in [0.15, 0.2) is 47.5 Å². The molecule has 0 N–H and O–H groups in total. The lowest BCUT2D eigenvalue weighted by Gasteiger charge is -2.05. The van der Waals surface area contributed by atoms with Crippen LogP contribution in [0.4, 0.5) is 8.78 Å². The van der Waals surface area contributed by atoms with Crippen LogP contribution < -0.4 is 4.80 Å². The number of aryl methyl sites for hydroxylation is 1. The third kappa shape index (κ3) is 4.11. The van der Waals surface area contributed by atoms with Gasteiger partial charge in [0.15, 0.2) is 4.80 Å². The topological polar surface area (TPSA) is 60.7 Å². The van der Waals surface area contributed by atoms with Crippen LogP contribution in [0, 0.1) is 11.6 Å². The van der Waals surface area contributed by atoms with Gasteiger partial charge in [-0.05, 0) is 31.2 Å². The minimum Gasteiger partial charge on any atom is -0.466 e. The molecule has 0 radical (unpaired) electrons. The second-order valence-corrected chi connectivity index (χ2v) is 6.58. The van der Waals surface area contributed by atoms with Gasteiger partial charge in [-0.2, -0.15) is 4.99 Å². The first-order chi connectivity index (χ1) is 13.0. The van der Waals surface area contributed by atoms with E-state index in [2.05, 4.69) is 4.99 Å². The summed E-state index contributed by atoms with van der Waals surface area (Å²) in [6.07, 6.45) is 0.0873. The lowest BCUT2D eigenvalue weighted by atomic mass is 10.2. The van der Waals surface area contributed by atoms with Gasteiger partial charge in [-0.3, -0.25) is 9.59 Å². The van der Waals surface area contributed by atoms with Gasteiger partial charge in [0, 0.05) is 6.54 Å². The highest BCUT2D eigenvalue weighted by atomic mass is 32.1. The number of halogens is 2. The maximum Gasteiger partial charge on any atom is 0.307 e. The molecule has 0 unspecified atom stereocenters. The Kier molecular flexibility index (Phi) is 5.75. The van der Waals surface area contributed by atoms with Crippen molar-refractivity contribution in [3.05, 3.63) is 64.5 Å². The fourth-order valence-corrected chi connectivity index (χ4v) is 3.66. The van der Waals surface area contributed by atoms with E-state index >= 15 is 0 Å². The molecule has 1 amide bonds. The Morgan fingerprint density at radius 3 is 2.52 bits per heavy atom. The molecule has 5 nitrogen and oxygen atoms in total. The number of para-hydroxylation sites is 1. The van der Waals surface area contributed by atoms with Crippen molar-refractivity contribution in [1.82, 2.24) is 4.57 Å². The predicted octanol–water partition coefficient (Wildman–Crippen LogP) is 3.68. The van der Waals surface area contributed by atoms with E-state index in [0.29, 0.717) is 0 Å². The van der Waals surface area contributed by atoms with Gasteiger partial charge in [0.25, 0.3) is 5.91 Å².